The number of Topliss-reactive ketones (excluding diaryl/α,β-unsaturated/α-hetero) is 1. The Balaban J connectivity index is 1.42. The summed E-state index contributed by atoms with van der Waals surface area (Å²) in [6, 6.07) is 15.3. The molecule has 2 heterocycles. The Hall–Kier alpha value is -4.45. The van der Waals surface area contributed by atoms with Crippen molar-refractivity contribution in [2.75, 3.05) is 26.1 Å². The van der Waals surface area contributed by atoms with Crippen LogP contribution in [0, 0.1) is 11.3 Å². The van der Waals surface area contributed by atoms with E-state index >= 15 is 0 Å². The molecule has 9 nitrogen and oxygen atoms in total. The van der Waals surface area contributed by atoms with E-state index in [1.807, 2.05) is 42.5 Å². The molecule has 1 unspecified atom stereocenters. The van der Waals surface area contributed by atoms with Crippen LogP contribution in [-0.4, -0.2) is 46.1 Å². The van der Waals surface area contributed by atoms with Gasteiger partial charge in [-0.3, -0.25) is 4.79 Å². The number of aryl methyl sites for hydroxylation is 1. The van der Waals surface area contributed by atoms with E-state index in [4.69, 9.17) is 9.47 Å². The zero-order valence-corrected chi connectivity index (χ0v) is 19.1. The SMILES string of the molecule is COc1ccc(CCNc2ncc(C(=O)C(C#N)c3nc4ccccc4n3C)cn2)cc1OC. The van der Waals surface area contributed by atoms with Crippen LogP contribution < -0.4 is 14.8 Å². The number of hydrogen-bond donors (Lipinski definition) is 1. The Morgan fingerprint density at radius 3 is 2.53 bits per heavy atom. The molecule has 9 heteroatoms. The summed E-state index contributed by atoms with van der Waals surface area (Å²) in [5.74, 6) is 0.700. The van der Waals surface area contributed by atoms with E-state index in [1.54, 1.807) is 25.8 Å². The summed E-state index contributed by atoms with van der Waals surface area (Å²) in [5.41, 5.74) is 2.91. The lowest BCUT2D eigenvalue weighted by atomic mass is 10.0. The van der Waals surface area contributed by atoms with Gasteiger partial charge in [0, 0.05) is 26.0 Å². The maximum absolute atomic E-state index is 13.0. The molecule has 0 fully saturated rings. The molecule has 0 aliphatic rings. The highest BCUT2D eigenvalue weighted by molar-refractivity contribution is 6.02. The third kappa shape index (κ3) is 4.52. The van der Waals surface area contributed by atoms with Crippen LogP contribution >= 0.6 is 0 Å². The average molecular weight is 457 g/mol. The Morgan fingerprint density at radius 2 is 1.85 bits per heavy atom. The van der Waals surface area contributed by atoms with Gasteiger partial charge in [0.1, 0.15) is 5.82 Å². The molecular weight excluding hydrogens is 432 g/mol. The second-order valence-electron chi connectivity index (χ2n) is 7.61. The van der Waals surface area contributed by atoms with Crippen molar-refractivity contribution in [3.63, 3.8) is 0 Å². The van der Waals surface area contributed by atoms with Crippen molar-refractivity contribution in [1.82, 2.24) is 19.5 Å². The van der Waals surface area contributed by atoms with Gasteiger partial charge >= 0.3 is 0 Å². The van der Waals surface area contributed by atoms with Gasteiger partial charge in [0.05, 0.1) is 36.9 Å². The number of nitriles is 1. The number of carbonyl (C=O) groups is 1. The molecule has 34 heavy (non-hydrogen) atoms. The van der Waals surface area contributed by atoms with E-state index < -0.39 is 11.7 Å². The quantitative estimate of drug-likeness (QED) is 0.381. The second kappa shape index (κ2) is 10.0. The van der Waals surface area contributed by atoms with Crippen molar-refractivity contribution < 1.29 is 14.3 Å². The average Bonchev–Trinajstić information content (AvgIpc) is 3.21. The molecule has 0 saturated heterocycles. The van der Waals surface area contributed by atoms with Gasteiger partial charge in [-0.25, -0.2) is 15.0 Å². The number of imidazole rings is 1. The molecule has 1 N–H and O–H groups in total. The van der Waals surface area contributed by atoms with Gasteiger partial charge in [0.25, 0.3) is 0 Å². The van der Waals surface area contributed by atoms with Crippen LogP contribution in [0.4, 0.5) is 5.95 Å². The van der Waals surface area contributed by atoms with Crippen LogP contribution in [0.3, 0.4) is 0 Å². The summed E-state index contributed by atoms with van der Waals surface area (Å²) in [4.78, 5) is 26.0. The Labute approximate surface area is 197 Å². The van der Waals surface area contributed by atoms with Crippen LogP contribution in [0.15, 0.2) is 54.9 Å². The molecule has 0 bridgehead atoms. The van der Waals surface area contributed by atoms with E-state index in [9.17, 15) is 10.1 Å². The summed E-state index contributed by atoms with van der Waals surface area (Å²) in [6.45, 7) is 0.587. The number of fused-ring (bicyclic) bond motifs is 1. The number of carbonyl (C=O) groups excluding carboxylic acids is 1. The monoisotopic (exact) mass is 456 g/mol. The minimum absolute atomic E-state index is 0.254. The number of para-hydroxylation sites is 2. The van der Waals surface area contributed by atoms with Gasteiger partial charge in [0.15, 0.2) is 23.2 Å². The minimum atomic E-state index is -1.05. The van der Waals surface area contributed by atoms with Crippen LogP contribution in [0.25, 0.3) is 11.0 Å². The predicted molar refractivity (Wildman–Crippen MR) is 127 cm³/mol. The zero-order valence-electron chi connectivity index (χ0n) is 19.1. The molecule has 0 aliphatic carbocycles. The van der Waals surface area contributed by atoms with Crippen LogP contribution in [0.2, 0.25) is 0 Å². The third-order valence-corrected chi connectivity index (χ3v) is 5.55. The summed E-state index contributed by atoms with van der Waals surface area (Å²) < 4.78 is 12.4. The summed E-state index contributed by atoms with van der Waals surface area (Å²) >= 11 is 0. The minimum Gasteiger partial charge on any atom is -0.493 e. The topological polar surface area (TPSA) is 115 Å². The molecule has 0 spiro atoms. The Bertz CT molecular complexity index is 1360. The molecule has 0 aliphatic heterocycles. The van der Waals surface area contributed by atoms with E-state index in [-0.39, 0.29) is 5.56 Å². The van der Waals surface area contributed by atoms with Crippen molar-refractivity contribution in [2.24, 2.45) is 7.05 Å². The van der Waals surface area contributed by atoms with Crippen LogP contribution in [-0.2, 0) is 13.5 Å². The van der Waals surface area contributed by atoms with E-state index in [1.165, 1.54) is 12.4 Å². The highest BCUT2D eigenvalue weighted by atomic mass is 16.5. The van der Waals surface area contributed by atoms with Crippen molar-refractivity contribution in [2.45, 2.75) is 12.3 Å². The molecule has 0 amide bonds. The highest BCUT2D eigenvalue weighted by Crippen LogP contribution is 2.28. The second-order valence-corrected chi connectivity index (χ2v) is 7.61. The standard InChI is InChI=1S/C25H24N6O3/c1-31-20-7-5-4-6-19(20)30-24(31)18(13-26)23(32)17-14-28-25(29-15-17)27-11-10-16-8-9-21(33-2)22(12-16)34-3/h4-9,12,14-15,18H,10-11H2,1-3H3,(H,27,28,29). The number of rotatable bonds is 9. The third-order valence-electron chi connectivity index (χ3n) is 5.55. The number of nitrogens with zero attached hydrogens (tertiary/aromatic N) is 5. The molecule has 0 radical (unpaired) electrons. The lowest BCUT2D eigenvalue weighted by molar-refractivity contribution is 0.0974. The van der Waals surface area contributed by atoms with Crippen LogP contribution in [0.1, 0.15) is 27.7 Å². The first-order chi connectivity index (χ1) is 16.5. The number of benzene rings is 2. The summed E-state index contributed by atoms with van der Waals surface area (Å²) in [6.07, 6.45) is 3.58. The number of ketones is 1. The number of anilines is 1. The first kappa shape index (κ1) is 22.7. The van der Waals surface area contributed by atoms with Gasteiger partial charge in [-0.2, -0.15) is 5.26 Å². The van der Waals surface area contributed by atoms with Crippen molar-refractivity contribution in [1.29, 1.82) is 5.26 Å². The van der Waals surface area contributed by atoms with Gasteiger partial charge in [0.2, 0.25) is 5.95 Å². The van der Waals surface area contributed by atoms with Crippen molar-refractivity contribution in [3.05, 3.63) is 71.8 Å². The summed E-state index contributed by atoms with van der Waals surface area (Å²) in [5, 5.41) is 12.9. The lowest BCUT2D eigenvalue weighted by Crippen LogP contribution is -2.16. The molecule has 4 aromatic rings. The number of aromatic nitrogens is 4. The largest absolute Gasteiger partial charge is 0.493 e. The predicted octanol–water partition coefficient (Wildman–Crippen LogP) is 3.53. The molecule has 0 saturated carbocycles. The van der Waals surface area contributed by atoms with Crippen LogP contribution in [0.5, 0.6) is 11.5 Å². The first-order valence-corrected chi connectivity index (χ1v) is 10.7. The van der Waals surface area contributed by atoms with Gasteiger partial charge in [-0.1, -0.05) is 18.2 Å². The smallest absolute Gasteiger partial charge is 0.222 e. The zero-order chi connectivity index (χ0) is 24.1. The lowest BCUT2D eigenvalue weighted by Gasteiger charge is -2.10. The number of methoxy groups -OCH3 is 2. The Morgan fingerprint density at radius 1 is 1.12 bits per heavy atom. The van der Waals surface area contributed by atoms with Gasteiger partial charge in [-0.05, 0) is 36.2 Å². The maximum atomic E-state index is 13.0. The molecule has 4 rings (SSSR count). The summed E-state index contributed by atoms with van der Waals surface area (Å²) in [7, 11) is 5.00. The number of nitrogens with one attached hydrogen (secondary N) is 1. The Kier molecular flexibility index (Phi) is 6.69. The van der Waals surface area contributed by atoms with Gasteiger partial charge in [-0.15, -0.1) is 0 Å². The van der Waals surface area contributed by atoms with E-state index in [0.29, 0.717) is 36.2 Å². The molecule has 2 aromatic carbocycles. The van der Waals surface area contributed by atoms with E-state index in [2.05, 4.69) is 26.3 Å². The normalized spacial score (nSPS) is 11.6. The maximum Gasteiger partial charge on any atom is 0.222 e. The fraction of sp³-hybridized carbons (Fsp3) is 0.240. The number of ether oxygens (including phenoxy) is 2. The molecule has 172 valence electrons. The van der Waals surface area contributed by atoms with Crippen molar-refractivity contribution in [3.8, 4) is 17.6 Å². The van der Waals surface area contributed by atoms with Crippen molar-refractivity contribution >= 4 is 22.8 Å². The van der Waals surface area contributed by atoms with E-state index in [0.717, 1.165) is 16.6 Å². The first-order valence-electron chi connectivity index (χ1n) is 10.7. The fourth-order valence-corrected chi connectivity index (χ4v) is 3.72. The number of hydrogen-bond acceptors (Lipinski definition) is 8. The molecular formula is C25H24N6O3. The van der Waals surface area contributed by atoms with Gasteiger partial charge < -0.3 is 19.4 Å². The highest BCUT2D eigenvalue weighted by Gasteiger charge is 2.27. The molecule has 2 aromatic heterocycles. The molecule has 1 atom stereocenters. The fourth-order valence-electron chi connectivity index (χ4n) is 3.72.